The minimum absolute atomic E-state index is 0.651. The molecular weight excluding hydrogens is 326 g/mol. The quantitative estimate of drug-likeness (QED) is 0.839. The van der Waals surface area contributed by atoms with Crippen LogP contribution in [-0.2, 0) is 17.9 Å². The third-order valence-corrected chi connectivity index (χ3v) is 3.96. The van der Waals surface area contributed by atoms with E-state index >= 15 is 0 Å². The maximum absolute atomic E-state index is 5.96. The van der Waals surface area contributed by atoms with Gasteiger partial charge in [-0.05, 0) is 45.3 Å². The number of hydrogen-bond donors (Lipinski definition) is 1. The van der Waals surface area contributed by atoms with Gasteiger partial charge in [-0.25, -0.2) is 0 Å². The molecule has 0 amide bonds. The number of halogens is 2. The van der Waals surface area contributed by atoms with Crippen LogP contribution >= 0.6 is 27.5 Å². The molecule has 0 aliphatic rings. The topological polar surface area (TPSA) is 21.3 Å². The van der Waals surface area contributed by atoms with Crippen molar-refractivity contribution in [2.75, 3.05) is 12.4 Å². The SMILES string of the molecule is COCc1ccc(CNc2ccc(Cl)c(Br)c2)cc1. The van der Waals surface area contributed by atoms with Gasteiger partial charge >= 0.3 is 0 Å². The first-order valence-corrected chi connectivity index (χ1v) is 7.12. The van der Waals surface area contributed by atoms with Crippen molar-refractivity contribution < 1.29 is 4.74 Å². The van der Waals surface area contributed by atoms with E-state index in [1.165, 1.54) is 11.1 Å². The van der Waals surface area contributed by atoms with Crippen molar-refractivity contribution in [3.8, 4) is 0 Å². The Kier molecular flexibility index (Phi) is 5.25. The maximum Gasteiger partial charge on any atom is 0.0713 e. The maximum atomic E-state index is 5.96. The summed E-state index contributed by atoms with van der Waals surface area (Å²) in [6, 6.07) is 14.2. The minimum Gasteiger partial charge on any atom is -0.381 e. The van der Waals surface area contributed by atoms with E-state index in [9.17, 15) is 0 Å². The van der Waals surface area contributed by atoms with E-state index in [0.717, 1.165) is 21.7 Å². The van der Waals surface area contributed by atoms with Crippen molar-refractivity contribution in [2.45, 2.75) is 13.2 Å². The molecule has 0 heterocycles. The Balaban J connectivity index is 1.96. The number of nitrogens with one attached hydrogen (secondary N) is 1. The van der Waals surface area contributed by atoms with Crippen molar-refractivity contribution in [1.82, 2.24) is 0 Å². The van der Waals surface area contributed by atoms with Crippen LogP contribution in [-0.4, -0.2) is 7.11 Å². The normalized spacial score (nSPS) is 10.5. The first-order valence-electron chi connectivity index (χ1n) is 5.94. The summed E-state index contributed by atoms with van der Waals surface area (Å²) >= 11 is 9.37. The van der Waals surface area contributed by atoms with Gasteiger partial charge in [-0.1, -0.05) is 35.9 Å². The summed E-state index contributed by atoms with van der Waals surface area (Å²) in [7, 11) is 1.70. The molecule has 1 N–H and O–H groups in total. The summed E-state index contributed by atoms with van der Waals surface area (Å²) in [5.41, 5.74) is 3.45. The predicted molar refractivity (Wildman–Crippen MR) is 83.6 cm³/mol. The molecule has 0 bridgehead atoms. The van der Waals surface area contributed by atoms with Crippen LogP contribution in [0.3, 0.4) is 0 Å². The lowest BCUT2D eigenvalue weighted by molar-refractivity contribution is 0.185. The molecule has 0 aliphatic heterocycles. The van der Waals surface area contributed by atoms with Crippen LogP contribution in [0.5, 0.6) is 0 Å². The highest BCUT2D eigenvalue weighted by atomic mass is 79.9. The molecule has 0 radical (unpaired) electrons. The van der Waals surface area contributed by atoms with Crippen LogP contribution in [0.2, 0.25) is 5.02 Å². The van der Waals surface area contributed by atoms with E-state index in [2.05, 4.69) is 45.5 Å². The van der Waals surface area contributed by atoms with Crippen molar-refractivity contribution in [1.29, 1.82) is 0 Å². The summed E-state index contributed by atoms with van der Waals surface area (Å²) < 4.78 is 5.99. The van der Waals surface area contributed by atoms with Gasteiger partial charge in [0, 0.05) is 23.8 Å². The first kappa shape index (κ1) is 14.4. The lowest BCUT2D eigenvalue weighted by Gasteiger charge is -2.08. The van der Waals surface area contributed by atoms with Crippen LogP contribution < -0.4 is 5.32 Å². The van der Waals surface area contributed by atoms with Crippen molar-refractivity contribution in [3.63, 3.8) is 0 Å². The Labute approximate surface area is 126 Å². The fourth-order valence-corrected chi connectivity index (χ4v) is 2.23. The zero-order valence-corrected chi connectivity index (χ0v) is 13.0. The average Bonchev–Trinajstić information content (AvgIpc) is 2.42. The highest BCUT2D eigenvalue weighted by molar-refractivity contribution is 9.10. The number of hydrogen-bond acceptors (Lipinski definition) is 2. The van der Waals surface area contributed by atoms with Gasteiger partial charge < -0.3 is 10.1 Å². The average molecular weight is 341 g/mol. The summed E-state index contributed by atoms with van der Waals surface area (Å²) in [4.78, 5) is 0. The molecule has 19 heavy (non-hydrogen) atoms. The van der Waals surface area contributed by atoms with Crippen molar-refractivity contribution >= 4 is 33.2 Å². The Morgan fingerprint density at radius 1 is 1.11 bits per heavy atom. The van der Waals surface area contributed by atoms with Crippen LogP contribution in [0.25, 0.3) is 0 Å². The lowest BCUT2D eigenvalue weighted by atomic mass is 10.1. The van der Waals surface area contributed by atoms with Gasteiger partial charge in [-0.3, -0.25) is 0 Å². The molecule has 0 fully saturated rings. The summed E-state index contributed by atoms with van der Waals surface area (Å²) in [6.07, 6.45) is 0. The third kappa shape index (κ3) is 4.23. The third-order valence-electron chi connectivity index (χ3n) is 2.75. The molecular formula is C15H15BrClNO. The lowest BCUT2D eigenvalue weighted by Crippen LogP contribution is -1.99. The number of ether oxygens (including phenoxy) is 1. The van der Waals surface area contributed by atoms with Crippen LogP contribution in [0.4, 0.5) is 5.69 Å². The molecule has 0 saturated carbocycles. The molecule has 2 aromatic rings. The van der Waals surface area contributed by atoms with Crippen LogP contribution in [0, 0.1) is 0 Å². The van der Waals surface area contributed by atoms with E-state index in [-0.39, 0.29) is 0 Å². The van der Waals surface area contributed by atoms with Gasteiger partial charge in [-0.15, -0.1) is 0 Å². The summed E-state index contributed by atoms with van der Waals surface area (Å²) in [6.45, 7) is 1.43. The van der Waals surface area contributed by atoms with E-state index in [1.54, 1.807) is 7.11 Å². The number of anilines is 1. The smallest absolute Gasteiger partial charge is 0.0713 e. The number of methoxy groups -OCH3 is 1. The molecule has 0 aromatic heterocycles. The molecule has 2 rings (SSSR count). The van der Waals surface area contributed by atoms with Gasteiger partial charge in [0.2, 0.25) is 0 Å². The predicted octanol–water partition coefficient (Wildman–Crippen LogP) is 4.86. The zero-order chi connectivity index (χ0) is 13.7. The number of benzene rings is 2. The second-order valence-electron chi connectivity index (χ2n) is 4.23. The van der Waals surface area contributed by atoms with Crippen molar-refractivity contribution in [3.05, 3.63) is 63.1 Å². The zero-order valence-electron chi connectivity index (χ0n) is 10.6. The second-order valence-corrected chi connectivity index (χ2v) is 5.49. The second kappa shape index (κ2) is 6.94. The van der Waals surface area contributed by atoms with Crippen LogP contribution in [0.1, 0.15) is 11.1 Å². The number of rotatable bonds is 5. The molecule has 0 unspecified atom stereocenters. The van der Waals surface area contributed by atoms with Gasteiger partial charge in [-0.2, -0.15) is 0 Å². The summed E-state index contributed by atoms with van der Waals surface area (Å²) in [5.74, 6) is 0. The van der Waals surface area contributed by atoms with Gasteiger partial charge in [0.15, 0.2) is 0 Å². The Bertz CT molecular complexity index is 542. The molecule has 0 saturated heterocycles. The van der Waals surface area contributed by atoms with Crippen molar-refractivity contribution in [2.24, 2.45) is 0 Å². The van der Waals surface area contributed by atoms with E-state index in [0.29, 0.717) is 6.61 Å². The highest BCUT2D eigenvalue weighted by Crippen LogP contribution is 2.25. The molecule has 2 nitrogen and oxygen atoms in total. The molecule has 0 atom stereocenters. The monoisotopic (exact) mass is 339 g/mol. The fraction of sp³-hybridized carbons (Fsp3) is 0.200. The first-order chi connectivity index (χ1) is 9.19. The fourth-order valence-electron chi connectivity index (χ4n) is 1.73. The van der Waals surface area contributed by atoms with Gasteiger partial charge in [0.05, 0.1) is 11.6 Å². The van der Waals surface area contributed by atoms with Crippen LogP contribution in [0.15, 0.2) is 46.9 Å². The Hall–Kier alpha value is -1.03. The summed E-state index contributed by atoms with van der Waals surface area (Å²) in [5, 5.41) is 4.08. The Morgan fingerprint density at radius 2 is 1.79 bits per heavy atom. The molecule has 4 heteroatoms. The molecule has 2 aromatic carbocycles. The molecule has 100 valence electrons. The van der Waals surface area contributed by atoms with Gasteiger partial charge in [0.25, 0.3) is 0 Å². The Morgan fingerprint density at radius 3 is 2.42 bits per heavy atom. The van der Waals surface area contributed by atoms with E-state index in [4.69, 9.17) is 16.3 Å². The van der Waals surface area contributed by atoms with E-state index < -0.39 is 0 Å². The largest absolute Gasteiger partial charge is 0.381 e. The molecule has 0 spiro atoms. The molecule has 0 aliphatic carbocycles. The van der Waals surface area contributed by atoms with E-state index in [1.807, 2.05) is 18.2 Å². The highest BCUT2D eigenvalue weighted by Gasteiger charge is 1.99. The minimum atomic E-state index is 0.651. The van der Waals surface area contributed by atoms with Gasteiger partial charge in [0.1, 0.15) is 0 Å². The standard InChI is InChI=1S/C15H15BrClNO/c1-19-10-12-4-2-11(3-5-12)9-18-13-6-7-15(17)14(16)8-13/h2-8,18H,9-10H2,1H3.